The van der Waals surface area contributed by atoms with Crippen molar-refractivity contribution < 1.29 is 82.0 Å². The molecule has 0 heterocycles. The van der Waals surface area contributed by atoms with Gasteiger partial charge in [-0.25, -0.2) is 8.42 Å². The normalized spacial score (nSPS) is 9.50. The number of rotatable bonds is 5. The van der Waals surface area contributed by atoms with Gasteiger partial charge in [-0.2, -0.15) is 0 Å². The maximum absolute atomic E-state index is 10.0. The Kier molecular flexibility index (Phi) is 13.7. The number of carbonyl (C=O) groups is 1. The summed E-state index contributed by atoms with van der Waals surface area (Å²) in [4.78, 5) is 10.0. The summed E-state index contributed by atoms with van der Waals surface area (Å²) in [5.74, 6) is -1.99. The SMILES string of the molecule is C=C(CCCS(=O)(=O)[O-])C(=O)[O-].[Na+].[Na+]. The molecule has 0 bridgehead atoms. The van der Waals surface area contributed by atoms with Crippen LogP contribution < -0.4 is 64.2 Å². The van der Waals surface area contributed by atoms with E-state index < -0.39 is 21.8 Å². The van der Waals surface area contributed by atoms with E-state index >= 15 is 0 Å². The molecule has 8 heteroatoms. The van der Waals surface area contributed by atoms with E-state index in [1.807, 2.05) is 0 Å². The number of aliphatic carboxylic acids is 1. The van der Waals surface area contributed by atoms with Crippen molar-refractivity contribution in [1.82, 2.24) is 0 Å². The maximum atomic E-state index is 10.0. The van der Waals surface area contributed by atoms with E-state index in [4.69, 9.17) is 0 Å². The van der Waals surface area contributed by atoms with Crippen LogP contribution in [0.3, 0.4) is 0 Å². The molecule has 0 unspecified atom stereocenters. The molecule has 0 atom stereocenters. The van der Waals surface area contributed by atoms with Crippen LogP contribution in [0.2, 0.25) is 0 Å². The van der Waals surface area contributed by atoms with Gasteiger partial charge >= 0.3 is 59.1 Å². The van der Waals surface area contributed by atoms with Gasteiger partial charge in [0.05, 0.1) is 16.1 Å². The van der Waals surface area contributed by atoms with Gasteiger partial charge < -0.3 is 14.5 Å². The van der Waals surface area contributed by atoms with Gasteiger partial charge in [-0.1, -0.05) is 6.58 Å². The van der Waals surface area contributed by atoms with Gasteiger partial charge in [0.1, 0.15) is 0 Å². The first-order valence-corrected chi connectivity index (χ1v) is 4.73. The van der Waals surface area contributed by atoms with Gasteiger partial charge in [0.25, 0.3) is 0 Å². The fraction of sp³-hybridized carbons (Fsp3) is 0.500. The second-order valence-corrected chi connectivity index (χ2v) is 3.78. The van der Waals surface area contributed by atoms with Crippen LogP contribution >= 0.6 is 0 Å². The molecule has 14 heavy (non-hydrogen) atoms. The van der Waals surface area contributed by atoms with Gasteiger partial charge in [0, 0.05) is 5.75 Å². The topological polar surface area (TPSA) is 97.3 Å². The van der Waals surface area contributed by atoms with Gasteiger partial charge in [0.2, 0.25) is 0 Å². The maximum Gasteiger partial charge on any atom is 1.00 e. The molecule has 0 saturated carbocycles. The van der Waals surface area contributed by atoms with Gasteiger partial charge in [0.15, 0.2) is 0 Å². The quantitative estimate of drug-likeness (QED) is 0.269. The minimum atomic E-state index is -4.25. The molecule has 5 nitrogen and oxygen atoms in total. The van der Waals surface area contributed by atoms with Crippen LogP contribution in [-0.2, 0) is 14.9 Å². The molecule has 0 rings (SSSR count). The van der Waals surface area contributed by atoms with E-state index in [0.29, 0.717) is 0 Å². The Hall–Kier alpha value is 1.12. The molecule has 0 amide bonds. The monoisotopic (exact) mass is 238 g/mol. The predicted octanol–water partition coefficient (Wildman–Crippen LogP) is -7.37. The zero-order valence-corrected chi connectivity index (χ0v) is 13.1. The summed E-state index contributed by atoms with van der Waals surface area (Å²) in [6, 6.07) is 0. The third-order valence-electron chi connectivity index (χ3n) is 1.16. The molecule has 0 spiro atoms. The number of hydrogen-bond acceptors (Lipinski definition) is 5. The first kappa shape index (κ1) is 20.5. The Balaban J connectivity index is -0.000000605. The van der Waals surface area contributed by atoms with Crippen LogP contribution in [0.4, 0.5) is 0 Å². The van der Waals surface area contributed by atoms with Gasteiger partial charge in [-0.3, -0.25) is 0 Å². The molecule has 0 aromatic carbocycles. The van der Waals surface area contributed by atoms with Crippen molar-refractivity contribution in [3.8, 4) is 0 Å². The average Bonchev–Trinajstić information content (AvgIpc) is 1.84. The molecule has 70 valence electrons. The third kappa shape index (κ3) is 13.1. The minimum absolute atomic E-state index is 0. The van der Waals surface area contributed by atoms with Crippen molar-refractivity contribution in [3.05, 3.63) is 12.2 Å². The third-order valence-corrected chi connectivity index (χ3v) is 1.95. The number of carboxylic acids is 1. The van der Waals surface area contributed by atoms with E-state index in [2.05, 4.69) is 6.58 Å². The van der Waals surface area contributed by atoms with E-state index in [0.717, 1.165) is 0 Å². The second-order valence-electron chi connectivity index (χ2n) is 2.26. The van der Waals surface area contributed by atoms with Crippen LogP contribution in [-0.4, -0.2) is 24.7 Å². The van der Waals surface area contributed by atoms with Crippen molar-refractivity contribution in [2.24, 2.45) is 0 Å². The Morgan fingerprint density at radius 2 is 1.71 bits per heavy atom. The van der Waals surface area contributed by atoms with Crippen molar-refractivity contribution in [1.29, 1.82) is 0 Å². The molecule has 0 aromatic rings. The first-order valence-electron chi connectivity index (χ1n) is 3.15. The molecule has 0 saturated heterocycles. The largest absolute Gasteiger partial charge is 1.00 e. The average molecular weight is 238 g/mol. The zero-order chi connectivity index (χ0) is 9.78. The van der Waals surface area contributed by atoms with Crippen LogP contribution in [0.25, 0.3) is 0 Å². The second kappa shape index (κ2) is 9.35. The molecule has 0 aromatic heterocycles. The summed E-state index contributed by atoms with van der Waals surface area (Å²) in [5, 5.41) is 10.0. The Morgan fingerprint density at radius 1 is 1.29 bits per heavy atom. The van der Waals surface area contributed by atoms with E-state index in [-0.39, 0.29) is 77.5 Å². The van der Waals surface area contributed by atoms with Crippen LogP contribution in [0.1, 0.15) is 12.8 Å². The fourth-order valence-corrected chi connectivity index (χ4v) is 1.06. The van der Waals surface area contributed by atoms with Crippen LogP contribution in [0.15, 0.2) is 12.2 Å². The number of carboxylic acid groups (broad SMARTS) is 1. The molecular weight excluding hydrogens is 230 g/mol. The van der Waals surface area contributed by atoms with Crippen LogP contribution in [0.5, 0.6) is 0 Å². The fourth-order valence-electron chi connectivity index (χ4n) is 0.564. The molecule has 0 radical (unpaired) electrons. The first-order chi connectivity index (χ1) is 5.33. The molecular formula is C6H8Na2O5S. The van der Waals surface area contributed by atoms with Crippen LogP contribution in [0, 0.1) is 0 Å². The molecule has 0 aliphatic heterocycles. The Labute approximate surface area is 127 Å². The van der Waals surface area contributed by atoms with E-state index in [1.54, 1.807) is 0 Å². The predicted molar refractivity (Wildman–Crippen MR) is 37.9 cm³/mol. The van der Waals surface area contributed by atoms with Gasteiger partial charge in [-0.15, -0.1) is 0 Å². The summed E-state index contributed by atoms with van der Waals surface area (Å²) in [7, 11) is -4.25. The molecule has 0 N–H and O–H groups in total. The zero-order valence-electron chi connectivity index (χ0n) is 8.28. The van der Waals surface area contributed by atoms with Crippen molar-refractivity contribution in [3.63, 3.8) is 0 Å². The van der Waals surface area contributed by atoms with E-state index in [1.165, 1.54) is 0 Å². The standard InChI is InChI=1S/C6H10O5S.2Na/c1-5(6(7)8)3-2-4-12(9,10)11;;/h1-4H2,(H,7,8)(H,9,10,11);;/q;2*+1/p-2. The minimum Gasteiger partial charge on any atom is -0.748 e. The number of hydrogen-bond donors (Lipinski definition) is 0. The summed E-state index contributed by atoms with van der Waals surface area (Å²) in [6.07, 6.45) is -0.0670. The summed E-state index contributed by atoms with van der Waals surface area (Å²) in [5.41, 5.74) is -0.196. The molecule has 0 aliphatic rings. The van der Waals surface area contributed by atoms with Gasteiger partial charge in [-0.05, 0) is 18.4 Å². The Bertz CT molecular complexity index is 285. The van der Waals surface area contributed by atoms with Crippen molar-refractivity contribution in [2.45, 2.75) is 12.8 Å². The summed E-state index contributed by atoms with van der Waals surface area (Å²) >= 11 is 0. The summed E-state index contributed by atoms with van der Waals surface area (Å²) in [6.45, 7) is 3.11. The Morgan fingerprint density at radius 3 is 2.00 bits per heavy atom. The van der Waals surface area contributed by atoms with E-state index in [9.17, 15) is 22.9 Å². The molecule has 0 aliphatic carbocycles. The van der Waals surface area contributed by atoms with Crippen molar-refractivity contribution >= 4 is 16.1 Å². The smallest absolute Gasteiger partial charge is 0.748 e. The molecule has 0 fully saturated rings. The number of carbonyl (C=O) groups excluding carboxylic acids is 1. The summed E-state index contributed by atoms with van der Waals surface area (Å²) < 4.78 is 30.1. The van der Waals surface area contributed by atoms with Crippen molar-refractivity contribution in [2.75, 3.05) is 5.75 Å².